The Morgan fingerprint density at radius 2 is 2.00 bits per heavy atom. The normalized spacial score (nSPS) is 18.6. The fourth-order valence-electron chi connectivity index (χ4n) is 2.23. The van der Waals surface area contributed by atoms with E-state index >= 15 is 0 Å². The van der Waals surface area contributed by atoms with Crippen molar-refractivity contribution in [1.29, 1.82) is 0 Å². The molecule has 2 rings (SSSR count). The van der Waals surface area contributed by atoms with Gasteiger partial charge in [-0.15, -0.1) is 6.58 Å². The van der Waals surface area contributed by atoms with Crippen LogP contribution in [0.4, 0.5) is 8.78 Å². The van der Waals surface area contributed by atoms with Gasteiger partial charge in [0.15, 0.2) is 11.6 Å². The fourth-order valence-corrected chi connectivity index (χ4v) is 2.23. The Kier molecular flexibility index (Phi) is 3.93. The molecule has 1 aliphatic rings. The number of nitrogens with one attached hydrogen (secondary N) is 1. The molecule has 1 heterocycles. The van der Waals surface area contributed by atoms with Gasteiger partial charge in [0, 0.05) is 31.7 Å². The molecular weight excluding hydrogens is 238 g/mol. The van der Waals surface area contributed by atoms with Crippen molar-refractivity contribution in [2.24, 2.45) is 0 Å². The van der Waals surface area contributed by atoms with Crippen LogP contribution in [0, 0.1) is 11.6 Å². The fraction of sp³-hybridized carbons (Fsp3) is 0.385. The third kappa shape index (κ3) is 2.37. The molecule has 0 aromatic heterocycles. The van der Waals surface area contributed by atoms with E-state index in [-0.39, 0.29) is 6.04 Å². The SMILES string of the molecule is C=C[C@@H](c1ccc(F)c(F)c1O)N1CCNCC1. The van der Waals surface area contributed by atoms with Crippen molar-refractivity contribution in [3.05, 3.63) is 42.0 Å². The van der Waals surface area contributed by atoms with Crippen LogP contribution in [0.2, 0.25) is 0 Å². The molecule has 18 heavy (non-hydrogen) atoms. The first-order valence-corrected chi connectivity index (χ1v) is 5.89. The number of hydrogen-bond acceptors (Lipinski definition) is 3. The van der Waals surface area contributed by atoms with Gasteiger partial charge in [-0.25, -0.2) is 4.39 Å². The van der Waals surface area contributed by atoms with Crippen LogP contribution in [0.15, 0.2) is 24.8 Å². The number of nitrogens with zero attached hydrogens (tertiary/aromatic N) is 1. The van der Waals surface area contributed by atoms with E-state index in [0.717, 1.165) is 32.2 Å². The minimum absolute atomic E-state index is 0.304. The molecular formula is C13H16F2N2O. The average molecular weight is 254 g/mol. The highest BCUT2D eigenvalue weighted by Crippen LogP contribution is 2.32. The minimum atomic E-state index is -1.20. The van der Waals surface area contributed by atoms with Gasteiger partial charge in [0.05, 0.1) is 6.04 Å². The Hall–Kier alpha value is -1.46. The first-order chi connectivity index (χ1) is 8.65. The van der Waals surface area contributed by atoms with Gasteiger partial charge in [0.25, 0.3) is 0 Å². The molecule has 1 saturated heterocycles. The van der Waals surface area contributed by atoms with Crippen LogP contribution in [0.1, 0.15) is 11.6 Å². The maximum absolute atomic E-state index is 13.4. The largest absolute Gasteiger partial charge is 0.505 e. The predicted octanol–water partition coefficient (Wildman–Crippen LogP) is 1.80. The summed E-state index contributed by atoms with van der Waals surface area (Å²) in [5, 5.41) is 12.9. The molecule has 1 atom stereocenters. The topological polar surface area (TPSA) is 35.5 Å². The summed E-state index contributed by atoms with van der Waals surface area (Å²) in [4.78, 5) is 2.07. The number of halogens is 2. The quantitative estimate of drug-likeness (QED) is 0.807. The number of phenols is 1. The Morgan fingerprint density at radius 3 is 2.61 bits per heavy atom. The Bertz CT molecular complexity index is 445. The predicted molar refractivity (Wildman–Crippen MR) is 65.4 cm³/mol. The Balaban J connectivity index is 2.32. The summed E-state index contributed by atoms with van der Waals surface area (Å²) in [5.41, 5.74) is 0.353. The summed E-state index contributed by atoms with van der Waals surface area (Å²) in [6, 6.07) is 2.13. The molecule has 98 valence electrons. The molecule has 1 fully saturated rings. The zero-order valence-electron chi connectivity index (χ0n) is 10.00. The number of rotatable bonds is 3. The summed E-state index contributed by atoms with van der Waals surface area (Å²) in [6.45, 7) is 6.92. The third-order valence-electron chi connectivity index (χ3n) is 3.19. The van der Waals surface area contributed by atoms with Gasteiger partial charge in [0.2, 0.25) is 5.82 Å². The molecule has 0 spiro atoms. The molecule has 0 saturated carbocycles. The van der Waals surface area contributed by atoms with Crippen molar-refractivity contribution in [3.8, 4) is 5.75 Å². The maximum atomic E-state index is 13.4. The Labute approximate surface area is 105 Å². The van der Waals surface area contributed by atoms with Crippen LogP contribution in [0.25, 0.3) is 0 Å². The van der Waals surface area contributed by atoms with Crippen molar-refractivity contribution in [3.63, 3.8) is 0 Å². The zero-order valence-corrected chi connectivity index (χ0v) is 10.00. The molecule has 0 amide bonds. The molecule has 1 aliphatic heterocycles. The van der Waals surface area contributed by atoms with Crippen molar-refractivity contribution in [1.82, 2.24) is 10.2 Å². The van der Waals surface area contributed by atoms with Crippen molar-refractivity contribution >= 4 is 0 Å². The van der Waals surface area contributed by atoms with Gasteiger partial charge in [-0.05, 0) is 6.07 Å². The van der Waals surface area contributed by atoms with Crippen LogP contribution in [-0.2, 0) is 0 Å². The second kappa shape index (κ2) is 5.46. The van der Waals surface area contributed by atoms with Crippen LogP contribution in [0.3, 0.4) is 0 Å². The average Bonchev–Trinajstić information content (AvgIpc) is 2.41. The van der Waals surface area contributed by atoms with E-state index in [4.69, 9.17) is 0 Å². The summed E-state index contributed by atoms with van der Waals surface area (Å²) in [5.74, 6) is -2.87. The van der Waals surface area contributed by atoms with E-state index in [1.807, 2.05) is 0 Å². The lowest BCUT2D eigenvalue weighted by Gasteiger charge is -2.33. The van der Waals surface area contributed by atoms with E-state index in [1.54, 1.807) is 6.08 Å². The van der Waals surface area contributed by atoms with Crippen LogP contribution in [-0.4, -0.2) is 36.2 Å². The van der Waals surface area contributed by atoms with E-state index in [1.165, 1.54) is 6.07 Å². The highest BCUT2D eigenvalue weighted by atomic mass is 19.2. The second-order valence-corrected chi connectivity index (χ2v) is 4.27. The van der Waals surface area contributed by atoms with Gasteiger partial charge in [-0.2, -0.15) is 4.39 Å². The molecule has 3 nitrogen and oxygen atoms in total. The smallest absolute Gasteiger partial charge is 0.200 e. The molecule has 1 aromatic rings. The maximum Gasteiger partial charge on any atom is 0.200 e. The van der Waals surface area contributed by atoms with E-state index in [2.05, 4.69) is 16.8 Å². The summed E-state index contributed by atoms with van der Waals surface area (Å²) in [7, 11) is 0. The van der Waals surface area contributed by atoms with E-state index in [0.29, 0.717) is 5.56 Å². The lowest BCUT2D eigenvalue weighted by atomic mass is 10.0. The summed E-state index contributed by atoms with van der Waals surface area (Å²) < 4.78 is 26.3. The first-order valence-electron chi connectivity index (χ1n) is 5.89. The minimum Gasteiger partial charge on any atom is -0.505 e. The summed E-state index contributed by atoms with van der Waals surface area (Å²) >= 11 is 0. The van der Waals surface area contributed by atoms with Gasteiger partial charge < -0.3 is 10.4 Å². The van der Waals surface area contributed by atoms with E-state index in [9.17, 15) is 13.9 Å². The highest BCUT2D eigenvalue weighted by Gasteiger charge is 2.24. The van der Waals surface area contributed by atoms with E-state index < -0.39 is 17.4 Å². The van der Waals surface area contributed by atoms with Crippen LogP contribution in [0.5, 0.6) is 5.75 Å². The second-order valence-electron chi connectivity index (χ2n) is 4.27. The highest BCUT2D eigenvalue weighted by molar-refractivity contribution is 5.38. The number of piperazine rings is 1. The van der Waals surface area contributed by atoms with Crippen molar-refractivity contribution in [2.45, 2.75) is 6.04 Å². The van der Waals surface area contributed by atoms with Crippen LogP contribution >= 0.6 is 0 Å². The lowest BCUT2D eigenvalue weighted by Crippen LogP contribution is -2.44. The summed E-state index contributed by atoms with van der Waals surface area (Å²) in [6.07, 6.45) is 1.64. The van der Waals surface area contributed by atoms with Gasteiger partial charge in [-0.1, -0.05) is 12.1 Å². The molecule has 0 bridgehead atoms. The molecule has 0 aliphatic carbocycles. The van der Waals surface area contributed by atoms with Crippen LogP contribution < -0.4 is 5.32 Å². The van der Waals surface area contributed by atoms with Gasteiger partial charge >= 0.3 is 0 Å². The molecule has 0 radical (unpaired) electrons. The molecule has 2 N–H and O–H groups in total. The standard InChI is InChI=1S/C13H16F2N2O/c1-2-11(17-7-5-16-6-8-17)9-3-4-10(14)12(15)13(9)18/h2-4,11,16,18H,1,5-8H2/t11-/m0/s1. The number of aromatic hydroxyl groups is 1. The first kappa shape index (κ1) is 13.0. The molecule has 1 aromatic carbocycles. The number of hydrogen-bond donors (Lipinski definition) is 2. The van der Waals surface area contributed by atoms with Crippen molar-refractivity contribution < 1.29 is 13.9 Å². The molecule has 5 heteroatoms. The molecule has 0 unspecified atom stereocenters. The number of benzene rings is 1. The van der Waals surface area contributed by atoms with Gasteiger partial charge in [-0.3, -0.25) is 4.90 Å². The lowest BCUT2D eigenvalue weighted by molar-refractivity contribution is 0.200. The third-order valence-corrected chi connectivity index (χ3v) is 3.19. The van der Waals surface area contributed by atoms with Gasteiger partial charge in [0.1, 0.15) is 0 Å². The zero-order chi connectivity index (χ0) is 13.1. The Morgan fingerprint density at radius 1 is 1.33 bits per heavy atom. The monoisotopic (exact) mass is 254 g/mol. The van der Waals surface area contributed by atoms with Crippen molar-refractivity contribution in [2.75, 3.05) is 26.2 Å². The number of phenolic OH excluding ortho intramolecular Hbond substituents is 1.